The van der Waals surface area contributed by atoms with Crippen molar-refractivity contribution < 1.29 is 29.1 Å². The lowest BCUT2D eigenvalue weighted by Gasteiger charge is -2.39. The van der Waals surface area contributed by atoms with Gasteiger partial charge in [0, 0.05) is 6.20 Å². The van der Waals surface area contributed by atoms with Crippen LogP contribution < -0.4 is 9.39 Å². The second-order valence-corrected chi connectivity index (χ2v) is 7.54. The maximum absolute atomic E-state index is 12.4. The second kappa shape index (κ2) is 8.35. The van der Waals surface area contributed by atoms with E-state index in [0.29, 0.717) is 25.8 Å². The summed E-state index contributed by atoms with van der Waals surface area (Å²) in [6, 6.07) is 3.36. The van der Waals surface area contributed by atoms with Crippen LogP contribution >= 0.6 is 0 Å². The molecule has 2 aliphatic rings. The van der Waals surface area contributed by atoms with Crippen molar-refractivity contribution in [2.45, 2.75) is 45.2 Å². The molecule has 30 heavy (non-hydrogen) atoms. The van der Waals surface area contributed by atoms with E-state index in [1.165, 1.54) is 4.68 Å². The van der Waals surface area contributed by atoms with Gasteiger partial charge in [0.1, 0.15) is 29.7 Å². The summed E-state index contributed by atoms with van der Waals surface area (Å²) in [6.07, 6.45) is 4.19. The number of aryl methyl sites for hydroxylation is 2. The van der Waals surface area contributed by atoms with E-state index in [1.807, 2.05) is 0 Å². The highest BCUT2D eigenvalue weighted by Gasteiger charge is 2.35. The highest BCUT2D eigenvalue weighted by atomic mass is 16.5. The molecule has 0 saturated carbocycles. The Morgan fingerprint density at radius 3 is 2.90 bits per heavy atom. The van der Waals surface area contributed by atoms with Gasteiger partial charge in [-0.2, -0.15) is 0 Å². The number of aromatic carboxylic acids is 1. The molecule has 1 amide bonds. The fraction of sp³-hybridized carbons (Fsp3) is 0.474. The van der Waals surface area contributed by atoms with Crippen LogP contribution in [0, 0.1) is 0 Å². The minimum atomic E-state index is -1.18. The lowest BCUT2D eigenvalue weighted by molar-refractivity contribution is -0.140. The molecule has 2 N–H and O–H groups in total. The van der Waals surface area contributed by atoms with Gasteiger partial charge in [0.05, 0.1) is 18.8 Å². The van der Waals surface area contributed by atoms with Gasteiger partial charge in [-0.15, -0.1) is 5.10 Å². The van der Waals surface area contributed by atoms with Crippen molar-refractivity contribution in [1.29, 1.82) is 0 Å². The molecule has 158 valence electrons. The van der Waals surface area contributed by atoms with Gasteiger partial charge in [-0.05, 0) is 30.8 Å². The molecule has 0 spiro atoms. The highest BCUT2D eigenvalue weighted by molar-refractivity contribution is 6.44. The number of carboxylic acids is 1. The van der Waals surface area contributed by atoms with Gasteiger partial charge < -0.3 is 24.4 Å². The van der Waals surface area contributed by atoms with Crippen molar-refractivity contribution in [3.05, 3.63) is 35.2 Å². The summed E-state index contributed by atoms with van der Waals surface area (Å²) in [4.78, 5) is 25.8. The Morgan fingerprint density at radius 2 is 2.17 bits per heavy atom. The van der Waals surface area contributed by atoms with Crippen LogP contribution in [0.2, 0.25) is 6.32 Å². The molecule has 0 aliphatic carbocycles. The third-order valence-corrected chi connectivity index (χ3v) is 5.21. The maximum atomic E-state index is 12.4. The molecule has 0 radical (unpaired) electrons. The molecule has 11 heteroatoms. The number of hydrogen-bond donors (Lipinski definition) is 2. The van der Waals surface area contributed by atoms with Crippen LogP contribution in [0.1, 0.15) is 35.0 Å². The molecular weight excluding hydrogens is 391 g/mol. The first kappa shape index (κ1) is 20.2. The normalized spacial score (nSPS) is 15.9. The van der Waals surface area contributed by atoms with Crippen LogP contribution in [0.5, 0.6) is 11.5 Å². The summed E-state index contributed by atoms with van der Waals surface area (Å²) in [6.45, 7) is 2.87. The van der Waals surface area contributed by atoms with E-state index in [1.54, 1.807) is 23.2 Å². The van der Waals surface area contributed by atoms with E-state index in [0.717, 1.165) is 24.1 Å². The minimum Gasteiger partial charge on any atom is -0.535 e. The number of aromatic nitrogens is 3. The zero-order valence-corrected chi connectivity index (χ0v) is 16.7. The van der Waals surface area contributed by atoms with Crippen LogP contribution in [0.4, 0.5) is 0 Å². The van der Waals surface area contributed by atoms with Gasteiger partial charge in [0.15, 0.2) is 0 Å². The average molecular weight is 414 g/mol. The van der Waals surface area contributed by atoms with Gasteiger partial charge in [-0.3, -0.25) is 4.79 Å². The third kappa shape index (κ3) is 4.11. The van der Waals surface area contributed by atoms with Crippen molar-refractivity contribution in [3.8, 4) is 11.5 Å². The number of amides is 1. The third-order valence-electron chi connectivity index (χ3n) is 5.21. The molecular formula is C19H23BN4O6. The Labute approximate surface area is 173 Å². The Hall–Kier alpha value is -3.08. The number of benzene rings is 1. The molecule has 0 bridgehead atoms. The van der Waals surface area contributed by atoms with E-state index in [4.69, 9.17) is 9.39 Å². The SMILES string of the molecule is CCCc1cn(CC(=O)N2CC(Oc3ccc4c(c3C(=O)O)OB(O)CC4)C2)nn1. The first-order valence-electron chi connectivity index (χ1n) is 10.0. The van der Waals surface area contributed by atoms with E-state index in [9.17, 15) is 19.7 Å². The van der Waals surface area contributed by atoms with Crippen LogP contribution in [0.15, 0.2) is 18.3 Å². The van der Waals surface area contributed by atoms with Gasteiger partial charge in [0.2, 0.25) is 5.91 Å². The largest absolute Gasteiger partial charge is 0.535 e. The first-order valence-corrected chi connectivity index (χ1v) is 10.0. The Bertz CT molecular complexity index is 958. The number of hydrogen-bond acceptors (Lipinski definition) is 7. The van der Waals surface area contributed by atoms with Crippen LogP contribution in [-0.2, 0) is 24.2 Å². The summed E-state index contributed by atoms with van der Waals surface area (Å²) in [5.74, 6) is -0.955. The van der Waals surface area contributed by atoms with E-state index < -0.39 is 13.1 Å². The average Bonchev–Trinajstić information content (AvgIpc) is 3.10. The van der Waals surface area contributed by atoms with Crippen molar-refractivity contribution >= 4 is 19.0 Å². The quantitative estimate of drug-likeness (QED) is 0.632. The molecule has 0 unspecified atom stereocenters. The van der Waals surface area contributed by atoms with Crippen molar-refractivity contribution in [2.75, 3.05) is 13.1 Å². The van der Waals surface area contributed by atoms with Crippen molar-refractivity contribution in [3.63, 3.8) is 0 Å². The molecule has 2 aromatic rings. The zero-order chi connectivity index (χ0) is 21.3. The molecule has 1 saturated heterocycles. The number of rotatable bonds is 7. The van der Waals surface area contributed by atoms with Crippen molar-refractivity contribution in [1.82, 2.24) is 19.9 Å². The fourth-order valence-corrected chi connectivity index (χ4v) is 3.63. The standard InChI is InChI=1S/C19H23BN4O6/c1-2-3-13-8-24(22-21-13)11-16(25)23-9-14(10-23)29-15-5-4-12-6-7-20(28)30-18(12)17(15)19(26)27/h4-5,8,14,28H,2-3,6-7,9-11H2,1H3,(H,26,27). The van der Waals surface area contributed by atoms with Crippen LogP contribution in [0.25, 0.3) is 0 Å². The monoisotopic (exact) mass is 414 g/mol. The molecule has 0 atom stereocenters. The van der Waals surface area contributed by atoms with Crippen LogP contribution in [-0.4, -0.2) is 68.2 Å². The predicted molar refractivity (Wildman–Crippen MR) is 106 cm³/mol. The minimum absolute atomic E-state index is 0.0953. The van der Waals surface area contributed by atoms with E-state index in [-0.39, 0.29) is 35.6 Å². The number of ether oxygens (including phenoxy) is 1. The second-order valence-electron chi connectivity index (χ2n) is 7.54. The number of carbonyl (C=O) groups excluding carboxylic acids is 1. The van der Waals surface area contributed by atoms with E-state index in [2.05, 4.69) is 17.2 Å². The molecule has 1 aromatic heterocycles. The van der Waals surface area contributed by atoms with Gasteiger partial charge >= 0.3 is 13.1 Å². The number of nitrogens with zero attached hydrogens (tertiary/aromatic N) is 4. The Morgan fingerprint density at radius 1 is 1.37 bits per heavy atom. The van der Waals surface area contributed by atoms with Gasteiger partial charge in [-0.25, -0.2) is 9.48 Å². The first-order chi connectivity index (χ1) is 14.4. The lowest BCUT2D eigenvalue weighted by Crippen LogP contribution is -2.57. The summed E-state index contributed by atoms with van der Waals surface area (Å²) >= 11 is 0. The fourth-order valence-electron chi connectivity index (χ4n) is 3.63. The smallest absolute Gasteiger partial charge is 0.522 e. The van der Waals surface area contributed by atoms with Gasteiger partial charge in [0.25, 0.3) is 0 Å². The maximum Gasteiger partial charge on any atom is 0.522 e. The highest BCUT2D eigenvalue weighted by Crippen LogP contribution is 2.37. The molecule has 1 aromatic carbocycles. The van der Waals surface area contributed by atoms with Gasteiger partial charge in [-0.1, -0.05) is 24.6 Å². The number of fused-ring (bicyclic) bond motifs is 1. The molecule has 1 fully saturated rings. The number of carboxylic acid groups (broad SMARTS) is 1. The molecule has 4 rings (SSSR count). The van der Waals surface area contributed by atoms with Crippen LogP contribution in [0.3, 0.4) is 0 Å². The summed E-state index contributed by atoms with van der Waals surface area (Å²) in [5.41, 5.74) is 1.49. The number of likely N-dealkylation sites (tertiary alicyclic amines) is 1. The van der Waals surface area contributed by atoms with E-state index >= 15 is 0 Å². The summed E-state index contributed by atoms with van der Waals surface area (Å²) in [5, 5.41) is 27.4. The molecule has 10 nitrogen and oxygen atoms in total. The van der Waals surface area contributed by atoms with Crippen molar-refractivity contribution in [2.24, 2.45) is 0 Å². The predicted octanol–water partition coefficient (Wildman–Crippen LogP) is 0.634. The zero-order valence-electron chi connectivity index (χ0n) is 16.7. The Balaban J connectivity index is 1.37. The Kier molecular flexibility index (Phi) is 5.62. The topological polar surface area (TPSA) is 127 Å². The summed E-state index contributed by atoms with van der Waals surface area (Å²) in [7, 11) is -1.03. The molecule has 2 aliphatic heterocycles. The number of carbonyl (C=O) groups is 2. The lowest BCUT2D eigenvalue weighted by atomic mass is 9.78. The molecule has 3 heterocycles. The summed E-state index contributed by atoms with van der Waals surface area (Å²) < 4.78 is 12.7.